The molecule has 6 nitrogen and oxygen atoms in total. The van der Waals surface area contributed by atoms with Crippen molar-refractivity contribution in [1.29, 1.82) is 0 Å². The molecule has 1 atom stereocenters. The molecule has 146 valence electrons. The Bertz CT molecular complexity index is 982. The molecule has 2 heterocycles. The van der Waals surface area contributed by atoms with Crippen molar-refractivity contribution >= 4 is 17.1 Å². The van der Waals surface area contributed by atoms with Crippen LogP contribution >= 0.6 is 0 Å². The molecule has 28 heavy (non-hydrogen) atoms. The van der Waals surface area contributed by atoms with Gasteiger partial charge in [0, 0.05) is 13.1 Å². The second-order valence-corrected chi connectivity index (χ2v) is 7.24. The number of urea groups is 1. The molecule has 1 aliphatic rings. The summed E-state index contributed by atoms with van der Waals surface area (Å²) in [5.41, 5.74) is 4.25. The average Bonchev–Trinajstić information content (AvgIpc) is 3.36. The Labute approximate surface area is 164 Å². The SMILES string of the molecule is COc1ccccc1CCNC(=O)N1CCCC1c1nc2c(C)cccc2[nH]1. The fourth-order valence-electron chi connectivity index (χ4n) is 3.96. The number of likely N-dealkylation sites (tertiary alicyclic amines) is 1. The number of hydrogen-bond acceptors (Lipinski definition) is 3. The van der Waals surface area contributed by atoms with Gasteiger partial charge in [-0.15, -0.1) is 0 Å². The van der Waals surface area contributed by atoms with Crippen LogP contribution in [0, 0.1) is 6.92 Å². The van der Waals surface area contributed by atoms with Crippen LogP contribution in [0.5, 0.6) is 5.75 Å². The van der Waals surface area contributed by atoms with Crippen LogP contribution in [0.1, 0.15) is 35.8 Å². The molecule has 2 amide bonds. The Hall–Kier alpha value is -3.02. The van der Waals surface area contributed by atoms with Crippen LogP contribution in [-0.2, 0) is 6.42 Å². The molecular formula is C22H26N4O2. The molecule has 0 radical (unpaired) electrons. The Morgan fingerprint density at radius 3 is 2.96 bits per heavy atom. The maximum absolute atomic E-state index is 12.8. The fourth-order valence-corrected chi connectivity index (χ4v) is 3.96. The highest BCUT2D eigenvalue weighted by atomic mass is 16.5. The van der Waals surface area contributed by atoms with Gasteiger partial charge in [0.05, 0.1) is 24.2 Å². The highest BCUT2D eigenvalue weighted by Crippen LogP contribution is 2.31. The van der Waals surface area contributed by atoms with Crippen molar-refractivity contribution in [3.8, 4) is 5.75 Å². The fraction of sp³-hybridized carbons (Fsp3) is 0.364. The predicted octanol–water partition coefficient (Wildman–Crippen LogP) is 3.97. The lowest BCUT2D eigenvalue weighted by Crippen LogP contribution is -2.40. The normalized spacial score (nSPS) is 16.5. The van der Waals surface area contributed by atoms with Crippen molar-refractivity contribution in [1.82, 2.24) is 20.2 Å². The second kappa shape index (κ2) is 7.92. The molecule has 6 heteroatoms. The van der Waals surface area contributed by atoms with E-state index in [0.29, 0.717) is 6.54 Å². The van der Waals surface area contributed by atoms with Crippen LogP contribution in [0.3, 0.4) is 0 Å². The number of para-hydroxylation sites is 2. The Kier molecular flexibility index (Phi) is 5.19. The van der Waals surface area contributed by atoms with Gasteiger partial charge in [-0.2, -0.15) is 0 Å². The summed E-state index contributed by atoms with van der Waals surface area (Å²) in [4.78, 5) is 22.9. The zero-order valence-corrected chi connectivity index (χ0v) is 16.4. The average molecular weight is 378 g/mol. The quantitative estimate of drug-likeness (QED) is 0.706. The van der Waals surface area contributed by atoms with Gasteiger partial charge in [0.2, 0.25) is 0 Å². The van der Waals surface area contributed by atoms with Gasteiger partial charge in [0.1, 0.15) is 11.6 Å². The third-order valence-electron chi connectivity index (χ3n) is 5.43. The van der Waals surface area contributed by atoms with Gasteiger partial charge in [0.25, 0.3) is 0 Å². The minimum Gasteiger partial charge on any atom is -0.496 e. The van der Waals surface area contributed by atoms with Crippen LogP contribution in [0.15, 0.2) is 42.5 Å². The number of aromatic nitrogens is 2. The minimum atomic E-state index is -0.0328. The molecule has 1 unspecified atom stereocenters. The molecule has 0 aliphatic carbocycles. The van der Waals surface area contributed by atoms with Gasteiger partial charge < -0.3 is 19.9 Å². The number of H-pyrrole nitrogens is 1. The molecule has 1 saturated heterocycles. The predicted molar refractivity (Wildman–Crippen MR) is 110 cm³/mol. The summed E-state index contributed by atoms with van der Waals surface area (Å²) in [5.74, 6) is 1.73. The van der Waals surface area contributed by atoms with E-state index in [2.05, 4.69) is 23.3 Å². The summed E-state index contributed by atoms with van der Waals surface area (Å²) in [7, 11) is 1.67. The molecule has 2 N–H and O–H groups in total. The van der Waals surface area contributed by atoms with Gasteiger partial charge in [-0.1, -0.05) is 30.3 Å². The van der Waals surface area contributed by atoms with E-state index in [4.69, 9.17) is 9.72 Å². The number of imidazole rings is 1. The third kappa shape index (κ3) is 3.54. The molecule has 1 fully saturated rings. The lowest BCUT2D eigenvalue weighted by atomic mass is 10.1. The first kappa shape index (κ1) is 18.3. The lowest BCUT2D eigenvalue weighted by molar-refractivity contribution is 0.191. The number of benzene rings is 2. The van der Waals surface area contributed by atoms with E-state index in [1.807, 2.05) is 41.3 Å². The lowest BCUT2D eigenvalue weighted by Gasteiger charge is -2.23. The zero-order chi connectivity index (χ0) is 19.5. The van der Waals surface area contributed by atoms with Crippen LogP contribution in [0.4, 0.5) is 4.79 Å². The first-order valence-electron chi connectivity index (χ1n) is 9.79. The number of carbonyl (C=O) groups is 1. The number of amides is 2. The largest absolute Gasteiger partial charge is 0.496 e. The molecular weight excluding hydrogens is 352 g/mol. The number of nitrogens with zero attached hydrogens (tertiary/aromatic N) is 2. The number of carbonyl (C=O) groups excluding carboxylic acids is 1. The molecule has 3 aromatic rings. The maximum atomic E-state index is 12.8. The van der Waals surface area contributed by atoms with Crippen LogP contribution in [-0.4, -0.2) is 41.1 Å². The molecule has 0 bridgehead atoms. The number of aromatic amines is 1. The maximum Gasteiger partial charge on any atom is 0.318 e. The van der Waals surface area contributed by atoms with Crippen molar-refractivity contribution in [2.45, 2.75) is 32.2 Å². The van der Waals surface area contributed by atoms with Crippen molar-refractivity contribution < 1.29 is 9.53 Å². The molecule has 0 spiro atoms. The summed E-state index contributed by atoms with van der Waals surface area (Å²) in [6.45, 7) is 3.38. The molecule has 4 rings (SSSR count). The Morgan fingerprint density at radius 1 is 1.29 bits per heavy atom. The highest BCUT2D eigenvalue weighted by Gasteiger charge is 2.32. The van der Waals surface area contributed by atoms with E-state index in [-0.39, 0.29) is 12.1 Å². The van der Waals surface area contributed by atoms with Crippen molar-refractivity contribution in [3.63, 3.8) is 0 Å². The second-order valence-electron chi connectivity index (χ2n) is 7.24. The number of fused-ring (bicyclic) bond motifs is 1. The number of methoxy groups -OCH3 is 1. The van der Waals surface area contributed by atoms with Crippen LogP contribution < -0.4 is 10.1 Å². The summed E-state index contributed by atoms with van der Waals surface area (Å²) >= 11 is 0. The Morgan fingerprint density at radius 2 is 2.14 bits per heavy atom. The smallest absolute Gasteiger partial charge is 0.318 e. The van der Waals surface area contributed by atoms with Gasteiger partial charge in [-0.05, 0) is 49.4 Å². The number of rotatable bonds is 5. The topological polar surface area (TPSA) is 70.2 Å². The van der Waals surface area contributed by atoms with Crippen molar-refractivity contribution in [2.75, 3.05) is 20.2 Å². The van der Waals surface area contributed by atoms with Crippen molar-refractivity contribution in [2.24, 2.45) is 0 Å². The number of nitrogens with one attached hydrogen (secondary N) is 2. The highest BCUT2D eigenvalue weighted by molar-refractivity contribution is 5.79. The van der Waals surface area contributed by atoms with Gasteiger partial charge in [-0.25, -0.2) is 9.78 Å². The van der Waals surface area contributed by atoms with Gasteiger partial charge >= 0.3 is 6.03 Å². The molecule has 1 aromatic heterocycles. The third-order valence-corrected chi connectivity index (χ3v) is 5.43. The van der Waals surface area contributed by atoms with Crippen LogP contribution in [0.25, 0.3) is 11.0 Å². The van der Waals surface area contributed by atoms with E-state index < -0.39 is 0 Å². The van der Waals surface area contributed by atoms with E-state index in [1.165, 1.54) is 0 Å². The van der Waals surface area contributed by atoms with Crippen LogP contribution in [0.2, 0.25) is 0 Å². The van der Waals surface area contributed by atoms with Gasteiger partial charge in [0.15, 0.2) is 0 Å². The Balaban J connectivity index is 1.42. The zero-order valence-electron chi connectivity index (χ0n) is 16.4. The number of hydrogen-bond donors (Lipinski definition) is 2. The first-order valence-corrected chi connectivity index (χ1v) is 9.79. The van der Waals surface area contributed by atoms with E-state index in [0.717, 1.165) is 59.5 Å². The first-order chi connectivity index (χ1) is 13.7. The standard InChI is InChI=1S/C22H26N4O2/c1-15-7-5-9-17-20(15)25-21(24-17)18-10-6-14-26(18)22(27)23-13-12-16-8-3-4-11-19(16)28-2/h3-5,7-9,11,18H,6,10,12-14H2,1-2H3,(H,23,27)(H,24,25). The summed E-state index contributed by atoms with van der Waals surface area (Å²) < 4.78 is 5.38. The number of ether oxygens (including phenoxy) is 1. The number of aryl methyl sites for hydroxylation is 1. The van der Waals surface area contributed by atoms with Crippen molar-refractivity contribution in [3.05, 3.63) is 59.4 Å². The minimum absolute atomic E-state index is 0.00180. The molecule has 2 aromatic carbocycles. The monoisotopic (exact) mass is 378 g/mol. The summed E-state index contributed by atoms with van der Waals surface area (Å²) in [6.07, 6.45) is 2.65. The molecule has 1 aliphatic heterocycles. The van der Waals surface area contributed by atoms with Gasteiger partial charge in [-0.3, -0.25) is 0 Å². The van der Waals surface area contributed by atoms with E-state index >= 15 is 0 Å². The summed E-state index contributed by atoms with van der Waals surface area (Å²) in [6, 6.07) is 14.0. The van der Waals surface area contributed by atoms with E-state index in [1.54, 1.807) is 7.11 Å². The molecule has 0 saturated carbocycles. The summed E-state index contributed by atoms with van der Waals surface area (Å²) in [5, 5.41) is 3.06. The van der Waals surface area contributed by atoms with E-state index in [9.17, 15) is 4.79 Å².